The number of ether oxygens (including phenoxy) is 5. The Bertz CT molecular complexity index is 1250. The predicted octanol–water partition coefficient (Wildman–Crippen LogP) is 5.03. The van der Waals surface area contributed by atoms with E-state index in [4.69, 9.17) is 23.7 Å². The van der Waals surface area contributed by atoms with E-state index in [1.807, 2.05) is 36.4 Å². The number of hydrogen-bond acceptors (Lipinski definition) is 6. The Morgan fingerprint density at radius 2 is 1.67 bits per heavy atom. The van der Waals surface area contributed by atoms with Gasteiger partial charge in [-0.3, -0.25) is 4.79 Å². The number of benzene rings is 3. The van der Waals surface area contributed by atoms with Gasteiger partial charge in [-0.25, -0.2) is 0 Å². The van der Waals surface area contributed by atoms with Gasteiger partial charge in [0.2, 0.25) is 6.79 Å². The van der Waals surface area contributed by atoms with Crippen molar-refractivity contribution in [2.24, 2.45) is 5.92 Å². The second kappa shape index (κ2) is 7.73. The van der Waals surface area contributed by atoms with Crippen LogP contribution in [0.25, 0.3) is 0 Å². The summed E-state index contributed by atoms with van der Waals surface area (Å²) in [5.41, 5.74) is 4.19. The minimum atomic E-state index is -0.386. The van der Waals surface area contributed by atoms with Crippen LogP contribution in [0.4, 0.5) is 0 Å². The highest BCUT2D eigenvalue weighted by molar-refractivity contribution is 5.85. The molecule has 6 nitrogen and oxygen atoms in total. The first-order valence-electron chi connectivity index (χ1n) is 11.2. The van der Waals surface area contributed by atoms with Crippen LogP contribution in [0.3, 0.4) is 0 Å². The molecule has 0 radical (unpaired) electrons. The highest BCUT2D eigenvalue weighted by Crippen LogP contribution is 2.58. The molecule has 0 saturated heterocycles. The molecule has 0 aromatic heterocycles. The Morgan fingerprint density at radius 1 is 0.848 bits per heavy atom. The topological polar surface area (TPSA) is 63.2 Å². The van der Waals surface area contributed by atoms with E-state index in [9.17, 15) is 4.79 Å². The zero-order chi connectivity index (χ0) is 22.5. The van der Waals surface area contributed by atoms with Crippen molar-refractivity contribution < 1.29 is 28.5 Å². The first-order valence-corrected chi connectivity index (χ1v) is 11.2. The second-order valence-corrected chi connectivity index (χ2v) is 8.56. The van der Waals surface area contributed by atoms with Crippen LogP contribution in [0.1, 0.15) is 47.4 Å². The Hall–Kier alpha value is -3.67. The van der Waals surface area contributed by atoms with Crippen molar-refractivity contribution in [2.75, 3.05) is 20.5 Å². The lowest BCUT2D eigenvalue weighted by Crippen LogP contribution is -2.32. The molecule has 0 spiro atoms. The van der Waals surface area contributed by atoms with Crippen LogP contribution >= 0.6 is 0 Å². The first-order chi connectivity index (χ1) is 16.2. The zero-order valence-corrected chi connectivity index (χ0v) is 18.5. The van der Waals surface area contributed by atoms with E-state index in [1.165, 1.54) is 0 Å². The molecule has 0 amide bonds. The maximum Gasteiger partial charge on any atom is 0.316 e. The molecule has 0 unspecified atom stereocenters. The van der Waals surface area contributed by atoms with Gasteiger partial charge in [0.15, 0.2) is 11.5 Å². The van der Waals surface area contributed by atoms with Crippen LogP contribution in [0.5, 0.6) is 28.7 Å². The summed E-state index contributed by atoms with van der Waals surface area (Å²) in [6.45, 7) is 2.94. The highest BCUT2D eigenvalue weighted by atomic mass is 16.7. The molecule has 6 rings (SSSR count). The number of carbonyl (C=O) groups excluding carboxylic acids is 1. The van der Waals surface area contributed by atoms with Gasteiger partial charge in [0.05, 0.1) is 19.6 Å². The van der Waals surface area contributed by atoms with Gasteiger partial charge in [0.25, 0.3) is 0 Å². The van der Waals surface area contributed by atoms with E-state index in [0.717, 1.165) is 40.2 Å². The van der Waals surface area contributed by atoms with E-state index in [2.05, 4.69) is 19.1 Å². The molecule has 0 N–H and O–H groups in total. The molecular formula is C27H24O6. The van der Waals surface area contributed by atoms with Gasteiger partial charge in [0, 0.05) is 23.5 Å². The monoisotopic (exact) mass is 444 g/mol. The molecule has 0 bridgehead atoms. The van der Waals surface area contributed by atoms with Crippen LogP contribution in [0.15, 0.2) is 54.6 Å². The van der Waals surface area contributed by atoms with E-state index in [0.29, 0.717) is 23.9 Å². The number of fused-ring (bicyclic) bond motifs is 6. The molecule has 1 aliphatic carbocycles. The average molecular weight is 444 g/mol. The minimum absolute atomic E-state index is 0.136. The van der Waals surface area contributed by atoms with Crippen LogP contribution in [-0.4, -0.2) is 26.5 Å². The zero-order valence-electron chi connectivity index (χ0n) is 18.5. The number of hydrogen-bond donors (Lipinski definition) is 0. The van der Waals surface area contributed by atoms with Crippen molar-refractivity contribution in [3.63, 3.8) is 0 Å². The summed E-state index contributed by atoms with van der Waals surface area (Å²) in [5, 5.41) is 0. The SMILES string of the molecule is CCCOc1ccc2c(c1)[C@H]1c3ccc(OC)cc3OC(=O)[C@@H]1[C@H]2c1ccc2c(c1)OCO2. The van der Waals surface area contributed by atoms with Gasteiger partial charge in [0.1, 0.15) is 17.2 Å². The second-order valence-electron chi connectivity index (χ2n) is 8.56. The Morgan fingerprint density at radius 3 is 2.52 bits per heavy atom. The van der Waals surface area contributed by atoms with Crippen LogP contribution in [0.2, 0.25) is 0 Å². The molecule has 2 heterocycles. The number of carbonyl (C=O) groups is 1. The Balaban J connectivity index is 1.52. The Kier molecular flexibility index (Phi) is 4.68. The third-order valence-corrected chi connectivity index (χ3v) is 6.71. The molecule has 3 aromatic carbocycles. The summed E-state index contributed by atoms with van der Waals surface area (Å²) >= 11 is 0. The van der Waals surface area contributed by atoms with Gasteiger partial charge in [-0.1, -0.05) is 25.1 Å². The van der Waals surface area contributed by atoms with Gasteiger partial charge < -0.3 is 23.7 Å². The number of esters is 1. The molecule has 6 heteroatoms. The normalized spacial score (nSPS) is 21.6. The molecule has 33 heavy (non-hydrogen) atoms. The highest BCUT2D eigenvalue weighted by Gasteiger charge is 2.51. The molecule has 0 fully saturated rings. The Labute approximate surface area is 192 Å². The summed E-state index contributed by atoms with van der Waals surface area (Å²) in [6, 6.07) is 17.8. The molecule has 3 aromatic rings. The fourth-order valence-corrected chi connectivity index (χ4v) is 5.28. The van der Waals surface area contributed by atoms with Gasteiger partial charge in [-0.05, 0) is 53.4 Å². The predicted molar refractivity (Wildman–Crippen MR) is 121 cm³/mol. The number of rotatable bonds is 5. The molecule has 2 aliphatic heterocycles. The van der Waals surface area contributed by atoms with Gasteiger partial charge in [-0.15, -0.1) is 0 Å². The van der Waals surface area contributed by atoms with Crippen molar-refractivity contribution in [1.29, 1.82) is 0 Å². The summed E-state index contributed by atoms with van der Waals surface area (Å²) in [4.78, 5) is 13.4. The standard InChI is InChI=1S/C27H24O6/c1-3-10-30-17-6-7-18-20(12-17)25-19-8-5-16(29-2)13-22(19)33-27(28)26(25)24(18)15-4-9-21-23(11-15)32-14-31-21/h4-9,11-13,24-26H,3,10,14H2,1-2H3/t24-,25+,26+/m0/s1. The third kappa shape index (κ3) is 3.12. The van der Waals surface area contributed by atoms with Crippen molar-refractivity contribution in [3.05, 3.63) is 76.9 Å². The van der Waals surface area contributed by atoms with Gasteiger partial charge in [-0.2, -0.15) is 0 Å². The van der Waals surface area contributed by atoms with Crippen molar-refractivity contribution >= 4 is 5.97 Å². The van der Waals surface area contributed by atoms with Crippen molar-refractivity contribution in [2.45, 2.75) is 25.2 Å². The van der Waals surface area contributed by atoms with Gasteiger partial charge >= 0.3 is 5.97 Å². The van der Waals surface area contributed by atoms with Crippen molar-refractivity contribution in [1.82, 2.24) is 0 Å². The van der Waals surface area contributed by atoms with E-state index >= 15 is 0 Å². The molecule has 0 saturated carbocycles. The lowest BCUT2D eigenvalue weighted by molar-refractivity contribution is -0.140. The molecule has 168 valence electrons. The summed E-state index contributed by atoms with van der Waals surface area (Å²) in [7, 11) is 1.60. The van der Waals surface area contributed by atoms with Crippen LogP contribution in [0, 0.1) is 5.92 Å². The maximum atomic E-state index is 13.4. The molecule has 3 atom stereocenters. The molecular weight excluding hydrogens is 420 g/mol. The third-order valence-electron chi connectivity index (χ3n) is 6.71. The summed E-state index contributed by atoms with van der Waals surface area (Å²) < 4.78 is 28.3. The smallest absolute Gasteiger partial charge is 0.316 e. The van der Waals surface area contributed by atoms with E-state index in [1.54, 1.807) is 13.2 Å². The number of methoxy groups -OCH3 is 1. The fourth-order valence-electron chi connectivity index (χ4n) is 5.28. The van der Waals surface area contributed by atoms with E-state index in [-0.39, 0.29) is 30.5 Å². The minimum Gasteiger partial charge on any atom is -0.497 e. The first kappa shape index (κ1) is 20.0. The average Bonchev–Trinajstić information content (AvgIpc) is 3.44. The lowest BCUT2D eigenvalue weighted by Gasteiger charge is -2.30. The van der Waals surface area contributed by atoms with Crippen LogP contribution in [-0.2, 0) is 4.79 Å². The fraction of sp³-hybridized carbons (Fsp3) is 0.296. The maximum absolute atomic E-state index is 13.4. The quantitative estimate of drug-likeness (QED) is 0.407. The molecule has 3 aliphatic rings. The summed E-state index contributed by atoms with van der Waals surface area (Å²) in [6.07, 6.45) is 0.928. The van der Waals surface area contributed by atoms with Crippen LogP contribution < -0.4 is 23.7 Å². The lowest BCUT2D eigenvalue weighted by atomic mass is 9.78. The van der Waals surface area contributed by atoms with Crippen molar-refractivity contribution in [3.8, 4) is 28.7 Å². The van der Waals surface area contributed by atoms with E-state index < -0.39 is 0 Å². The summed E-state index contributed by atoms with van der Waals surface area (Å²) in [5.74, 6) is 2.52. The largest absolute Gasteiger partial charge is 0.497 e.